The lowest BCUT2D eigenvalue weighted by Gasteiger charge is -2.33. The van der Waals surface area contributed by atoms with Crippen molar-refractivity contribution >= 4 is 23.2 Å². The van der Waals surface area contributed by atoms with E-state index in [1.165, 1.54) is 0 Å². The molecule has 2 aromatic rings. The predicted molar refractivity (Wildman–Crippen MR) is 91.3 cm³/mol. The number of aryl methyl sites for hydroxylation is 1. The number of ether oxygens (including phenoxy) is 1. The summed E-state index contributed by atoms with van der Waals surface area (Å²) in [6.45, 7) is 1.77. The number of carboxylic acid groups (broad SMARTS) is 1. The Morgan fingerprint density at radius 2 is 2.04 bits per heavy atom. The van der Waals surface area contributed by atoms with Gasteiger partial charge in [0.25, 0.3) is 0 Å². The molecule has 1 aromatic heterocycles. The molecule has 6 heteroatoms. The minimum atomic E-state index is -0.939. The maximum atomic E-state index is 12.4. The largest absolute Gasteiger partial charge is 0.478 e. The zero-order valence-electron chi connectivity index (χ0n) is 13.2. The third-order valence-corrected chi connectivity index (χ3v) is 4.86. The van der Waals surface area contributed by atoms with Gasteiger partial charge in [-0.25, -0.2) is 4.79 Å². The number of carbonyl (C=O) groups is 2. The summed E-state index contributed by atoms with van der Waals surface area (Å²) < 4.78 is 5.76. The van der Waals surface area contributed by atoms with Gasteiger partial charge in [-0.2, -0.15) is 11.3 Å². The SMILES string of the molecule is O=C(O)c1ccc(CCC(=O)N2CCO[C@H](c3ccsc3)C2)cc1. The van der Waals surface area contributed by atoms with E-state index in [0.717, 1.165) is 11.1 Å². The van der Waals surface area contributed by atoms with E-state index in [1.807, 2.05) is 16.3 Å². The van der Waals surface area contributed by atoms with Gasteiger partial charge in [0.2, 0.25) is 5.91 Å². The van der Waals surface area contributed by atoms with E-state index >= 15 is 0 Å². The van der Waals surface area contributed by atoms with Crippen LogP contribution in [-0.2, 0) is 16.0 Å². The lowest BCUT2D eigenvalue weighted by atomic mass is 10.1. The Morgan fingerprint density at radius 1 is 1.25 bits per heavy atom. The van der Waals surface area contributed by atoms with Crippen LogP contribution in [0.3, 0.4) is 0 Å². The summed E-state index contributed by atoms with van der Waals surface area (Å²) in [5.74, 6) is -0.828. The average Bonchev–Trinajstić information content (AvgIpc) is 3.15. The normalized spacial score (nSPS) is 17.7. The number of aromatic carboxylic acids is 1. The number of carbonyl (C=O) groups excluding carboxylic acids is 1. The van der Waals surface area contributed by atoms with Crippen LogP contribution in [-0.4, -0.2) is 41.6 Å². The Kier molecular flexibility index (Phi) is 5.27. The van der Waals surface area contributed by atoms with E-state index in [4.69, 9.17) is 9.84 Å². The van der Waals surface area contributed by atoms with Crippen LogP contribution in [0, 0.1) is 0 Å². The van der Waals surface area contributed by atoms with Crippen molar-refractivity contribution in [2.75, 3.05) is 19.7 Å². The summed E-state index contributed by atoms with van der Waals surface area (Å²) in [6, 6.07) is 8.72. The predicted octanol–water partition coefficient (Wildman–Crippen LogP) is 2.98. The standard InChI is InChI=1S/C18H19NO4S/c20-17(6-3-13-1-4-14(5-2-13)18(21)22)19-8-9-23-16(11-19)15-7-10-24-12-15/h1-2,4-5,7,10,12,16H,3,6,8-9,11H2,(H,21,22)/t16-/m0/s1. The molecule has 0 unspecified atom stereocenters. The van der Waals surface area contributed by atoms with Crippen molar-refractivity contribution < 1.29 is 19.4 Å². The highest BCUT2D eigenvalue weighted by atomic mass is 32.1. The fraction of sp³-hybridized carbons (Fsp3) is 0.333. The van der Waals surface area contributed by atoms with E-state index < -0.39 is 5.97 Å². The first-order valence-electron chi connectivity index (χ1n) is 7.87. The van der Waals surface area contributed by atoms with Crippen LogP contribution in [0.15, 0.2) is 41.1 Å². The first-order valence-corrected chi connectivity index (χ1v) is 8.81. The van der Waals surface area contributed by atoms with Crippen LogP contribution >= 0.6 is 11.3 Å². The number of amides is 1. The van der Waals surface area contributed by atoms with Crippen molar-refractivity contribution in [1.82, 2.24) is 4.90 Å². The first kappa shape index (κ1) is 16.7. The maximum absolute atomic E-state index is 12.4. The molecule has 1 aliphatic heterocycles. The van der Waals surface area contributed by atoms with Gasteiger partial charge in [0, 0.05) is 13.0 Å². The third-order valence-electron chi connectivity index (χ3n) is 4.16. The molecule has 1 fully saturated rings. The lowest BCUT2D eigenvalue weighted by Crippen LogP contribution is -2.42. The molecule has 2 heterocycles. The molecule has 24 heavy (non-hydrogen) atoms. The van der Waals surface area contributed by atoms with Gasteiger partial charge in [0.1, 0.15) is 6.10 Å². The summed E-state index contributed by atoms with van der Waals surface area (Å²) in [5, 5.41) is 13.0. The second-order valence-corrected chi connectivity index (χ2v) is 6.54. The van der Waals surface area contributed by atoms with Crippen molar-refractivity contribution in [3.63, 3.8) is 0 Å². The first-order chi connectivity index (χ1) is 11.6. The molecular weight excluding hydrogens is 326 g/mol. The van der Waals surface area contributed by atoms with Crippen molar-refractivity contribution in [2.24, 2.45) is 0 Å². The molecule has 0 radical (unpaired) electrons. The van der Waals surface area contributed by atoms with Gasteiger partial charge in [0.05, 0.1) is 18.7 Å². The van der Waals surface area contributed by atoms with Gasteiger partial charge in [-0.1, -0.05) is 12.1 Å². The highest BCUT2D eigenvalue weighted by Crippen LogP contribution is 2.24. The molecule has 3 rings (SSSR count). The molecule has 126 valence electrons. The minimum absolute atomic E-state index is 0.0381. The van der Waals surface area contributed by atoms with E-state index in [9.17, 15) is 9.59 Å². The second-order valence-electron chi connectivity index (χ2n) is 5.76. The monoisotopic (exact) mass is 345 g/mol. The van der Waals surface area contributed by atoms with Crippen LogP contribution in [0.4, 0.5) is 0 Å². The van der Waals surface area contributed by atoms with Crippen LogP contribution in [0.25, 0.3) is 0 Å². The highest BCUT2D eigenvalue weighted by Gasteiger charge is 2.25. The Balaban J connectivity index is 1.53. The Morgan fingerprint density at radius 3 is 2.71 bits per heavy atom. The summed E-state index contributed by atoms with van der Waals surface area (Å²) in [4.78, 5) is 25.1. The molecule has 1 aromatic carbocycles. The van der Waals surface area contributed by atoms with Gasteiger partial charge in [-0.3, -0.25) is 4.79 Å². The lowest BCUT2D eigenvalue weighted by molar-refractivity contribution is -0.139. The quantitative estimate of drug-likeness (QED) is 0.905. The van der Waals surface area contributed by atoms with E-state index in [2.05, 4.69) is 5.38 Å². The number of thiophene rings is 1. The fourth-order valence-corrected chi connectivity index (χ4v) is 3.46. The minimum Gasteiger partial charge on any atom is -0.478 e. The Hall–Kier alpha value is -2.18. The molecule has 0 saturated carbocycles. The van der Waals surface area contributed by atoms with E-state index in [-0.39, 0.29) is 17.6 Å². The fourth-order valence-electron chi connectivity index (χ4n) is 2.76. The average molecular weight is 345 g/mol. The van der Waals surface area contributed by atoms with E-state index in [0.29, 0.717) is 32.5 Å². The summed E-state index contributed by atoms with van der Waals surface area (Å²) in [6.07, 6.45) is 0.992. The molecule has 5 nitrogen and oxygen atoms in total. The number of hydrogen-bond acceptors (Lipinski definition) is 4. The van der Waals surface area contributed by atoms with Crippen molar-refractivity contribution in [3.05, 3.63) is 57.8 Å². The van der Waals surface area contributed by atoms with Crippen LogP contribution in [0.1, 0.15) is 34.0 Å². The summed E-state index contributed by atoms with van der Waals surface area (Å²) >= 11 is 1.63. The zero-order valence-corrected chi connectivity index (χ0v) is 14.0. The molecule has 1 aliphatic rings. The summed E-state index contributed by atoms with van der Waals surface area (Å²) in [7, 11) is 0. The van der Waals surface area contributed by atoms with Crippen LogP contribution < -0.4 is 0 Å². The van der Waals surface area contributed by atoms with Gasteiger partial charge in [-0.15, -0.1) is 0 Å². The van der Waals surface area contributed by atoms with Crippen molar-refractivity contribution in [2.45, 2.75) is 18.9 Å². The van der Waals surface area contributed by atoms with Gasteiger partial charge in [-0.05, 0) is 46.5 Å². The maximum Gasteiger partial charge on any atom is 0.335 e. The zero-order chi connectivity index (χ0) is 16.9. The van der Waals surface area contributed by atoms with Crippen molar-refractivity contribution in [3.8, 4) is 0 Å². The number of hydrogen-bond donors (Lipinski definition) is 1. The topological polar surface area (TPSA) is 66.8 Å². The Bertz CT molecular complexity index is 696. The molecular formula is C18H19NO4S. The van der Waals surface area contributed by atoms with Crippen LogP contribution in [0.2, 0.25) is 0 Å². The van der Waals surface area contributed by atoms with Gasteiger partial charge in [0.15, 0.2) is 0 Å². The number of rotatable bonds is 5. The smallest absolute Gasteiger partial charge is 0.335 e. The van der Waals surface area contributed by atoms with Gasteiger partial charge >= 0.3 is 5.97 Å². The number of morpholine rings is 1. The number of benzene rings is 1. The molecule has 1 saturated heterocycles. The molecule has 0 aliphatic carbocycles. The Labute approximate surface area is 144 Å². The van der Waals surface area contributed by atoms with Crippen LogP contribution in [0.5, 0.6) is 0 Å². The number of nitrogens with zero attached hydrogens (tertiary/aromatic N) is 1. The van der Waals surface area contributed by atoms with Gasteiger partial charge < -0.3 is 14.7 Å². The second kappa shape index (κ2) is 7.59. The molecule has 0 bridgehead atoms. The highest BCUT2D eigenvalue weighted by molar-refractivity contribution is 7.07. The molecule has 1 amide bonds. The molecule has 1 atom stereocenters. The molecule has 1 N–H and O–H groups in total. The summed E-state index contributed by atoms with van der Waals surface area (Å²) in [5.41, 5.74) is 2.36. The van der Waals surface area contributed by atoms with E-state index in [1.54, 1.807) is 35.6 Å². The third kappa shape index (κ3) is 4.01. The van der Waals surface area contributed by atoms with Crippen molar-refractivity contribution in [1.29, 1.82) is 0 Å². The number of carboxylic acids is 1. The molecule has 0 spiro atoms.